The van der Waals surface area contributed by atoms with Gasteiger partial charge >= 0.3 is 0 Å². The standard InChI is InChI=1S/C18H17FN4O2/c1-2-25-10-12-5-3-4-6-13(12)14-9-11(7-8-15(14)19)17-21-18(16(20)24)23-22-17/h3-9H,2,10H2,1H3,(H2,20,24)(H,21,22,23). The maximum Gasteiger partial charge on any atom is 0.286 e. The second-order valence-electron chi connectivity index (χ2n) is 5.36. The molecule has 6 nitrogen and oxygen atoms in total. The van der Waals surface area contributed by atoms with Crippen LogP contribution in [0.25, 0.3) is 22.5 Å². The number of amides is 1. The van der Waals surface area contributed by atoms with Crippen molar-refractivity contribution < 1.29 is 13.9 Å². The van der Waals surface area contributed by atoms with Crippen LogP contribution in [0.15, 0.2) is 42.5 Å². The number of halogens is 1. The monoisotopic (exact) mass is 340 g/mol. The Hall–Kier alpha value is -3.06. The van der Waals surface area contributed by atoms with Crippen molar-refractivity contribution >= 4 is 5.91 Å². The lowest BCUT2D eigenvalue weighted by Crippen LogP contribution is -2.12. The quantitative estimate of drug-likeness (QED) is 0.721. The van der Waals surface area contributed by atoms with Crippen LogP contribution in [-0.4, -0.2) is 27.7 Å². The third kappa shape index (κ3) is 3.56. The molecular formula is C18H17FN4O2. The van der Waals surface area contributed by atoms with Gasteiger partial charge in [-0.15, -0.1) is 0 Å². The molecule has 0 radical (unpaired) electrons. The second-order valence-corrected chi connectivity index (χ2v) is 5.36. The summed E-state index contributed by atoms with van der Waals surface area (Å²) in [5.74, 6) is -0.837. The zero-order valence-electron chi connectivity index (χ0n) is 13.6. The van der Waals surface area contributed by atoms with Gasteiger partial charge < -0.3 is 10.5 Å². The fraction of sp³-hybridized carbons (Fsp3) is 0.167. The summed E-state index contributed by atoms with van der Waals surface area (Å²) in [5.41, 5.74) is 7.78. The van der Waals surface area contributed by atoms with E-state index in [4.69, 9.17) is 10.5 Å². The number of nitrogens with one attached hydrogen (secondary N) is 1. The number of hydrogen-bond donors (Lipinski definition) is 2. The van der Waals surface area contributed by atoms with E-state index in [9.17, 15) is 9.18 Å². The molecule has 128 valence electrons. The Bertz CT molecular complexity index is 908. The van der Waals surface area contributed by atoms with Crippen molar-refractivity contribution in [3.8, 4) is 22.5 Å². The first-order valence-corrected chi connectivity index (χ1v) is 7.78. The zero-order chi connectivity index (χ0) is 17.8. The Balaban J connectivity index is 2.04. The summed E-state index contributed by atoms with van der Waals surface area (Å²) >= 11 is 0. The molecule has 25 heavy (non-hydrogen) atoms. The number of nitrogens with zero attached hydrogens (tertiary/aromatic N) is 2. The van der Waals surface area contributed by atoms with E-state index in [0.29, 0.717) is 24.3 Å². The lowest BCUT2D eigenvalue weighted by molar-refractivity contribution is 0.0991. The number of benzene rings is 2. The number of aromatic nitrogens is 3. The summed E-state index contributed by atoms with van der Waals surface area (Å²) in [6, 6.07) is 12.0. The largest absolute Gasteiger partial charge is 0.377 e. The normalized spacial score (nSPS) is 10.8. The molecule has 3 aromatic rings. The number of carbonyl (C=O) groups is 1. The number of hydrogen-bond acceptors (Lipinski definition) is 4. The predicted molar refractivity (Wildman–Crippen MR) is 91.1 cm³/mol. The number of ether oxygens (including phenoxy) is 1. The number of H-pyrrole nitrogens is 1. The van der Waals surface area contributed by atoms with E-state index in [1.54, 1.807) is 12.1 Å². The number of rotatable bonds is 6. The Morgan fingerprint density at radius 3 is 2.76 bits per heavy atom. The zero-order valence-corrected chi connectivity index (χ0v) is 13.6. The Morgan fingerprint density at radius 1 is 1.24 bits per heavy atom. The van der Waals surface area contributed by atoms with Gasteiger partial charge in [0.05, 0.1) is 6.61 Å². The van der Waals surface area contributed by atoms with Gasteiger partial charge in [0.25, 0.3) is 5.91 Å². The van der Waals surface area contributed by atoms with Crippen LogP contribution in [0.5, 0.6) is 0 Å². The first-order valence-electron chi connectivity index (χ1n) is 7.78. The minimum atomic E-state index is -0.705. The average Bonchev–Trinajstić information content (AvgIpc) is 3.11. The lowest BCUT2D eigenvalue weighted by Gasteiger charge is -2.11. The number of primary amides is 1. The minimum absolute atomic E-state index is 0.0439. The molecule has 0 aliphatic heterocycles. The summed E-state index contributed by atoms with van der Waals surface area (Å²) in [4.78, 5) is 15.2. The smallest absolute Gasteiger partial charge is 0.286 e. The van der Waals surface area contributed by atoms with Gasteiger partial charge in [-0.2, -0.15) is 5.10 Å². The third-order valence-corrected chi connectivity index (χ3v) is 3.71. The molecule has 3 N–H and O–H groups in total. The van der Waals surface area contributed by atoms with Gasteiger partial charge in [0.2, 0.25) is 5.82 Å². The van der Waals surface area contributed by atoms with Gasteiger partial charge in [-0.05, 0) is 36.2 Å². The van der Waals surface area contributed by atoms with Crippen LogP contribution < -0.4 is 5.73 Å². The van der Waals surface area contributed by atoms with Crippen molar-refractivity contribution in [3.63, 3.8) is 0 Å². The number of carbonyl (C=O) groups excluding carboxylic acids is 1. The highest BCUT2D eigenvalue weighted by molar-refractivity contribution is 5.89. The molecule has 7 heteroatoms. The highest BCUT2D eigenvalue weighted by Gasteiger charge is 2.14. The van der Waals surface area contributed by atoms with Crippen molar-refractivity contribution in [1.29, 1.82) is 0 Å². The molecule has 0 fully saturated rings. The van der Waals surface area contributed by atoms with Gasteiger partial charge in [0.15, 0.2) is 5.82 Å². The van der Waals surface area contributed by atoms with E-state index >= 15 is 0 Å². The van der Waals surface area contributed by atoms with Gasteiger partial charge in [-0.25, -0.2) is 9.37 Å². The molecular weight excluding hydrogens is 323 g/mol. The topological polar surface area (TPSA) is 93.9 Å². The molecule has 1 heterocycles. The van der Waals surface area contributed by atoms with Crippen LogP contribution in [0.3, 0.4) is 0 Å². The minimum Gasteiger partial charge on any atom is -0.377 e. The predicted octanol–water partition coefficient (Wildman–Crippen LogP) is 2.91. The molecule has 0 saturated heterocycles. The van der Waals surface area contributed by atoms with Crippen molar-refractivity contribution in [2.45, 2.75) is 13.5 Å². The summed E-state index contributed by atoms with van der Waals surface area (Å²) in [5, 5.41) is 6.43. The molecule has 3 rings (SSSR count). The fourth-order valence-electron chi connectivity index (χ4n) is 2.49. The van der Waals surface area contributed by atoms with Gasteiger partial charge in [-0.3, -0.25) is 9.89 Å². The lowest BCUT2D eigenvalue weighted by atomic mass is 9.97. The van der Waals surface area contributed by atoms with Gasteiger partial charge in [0.1, 0.15) is 5.82 Å². The molecule has 1 amide bonds. The van der Waals surface area contributed by atoms with Crippen molar-refractivity contribution in [2.75, 3.05) is 6.61 Å². The maximum atomic E-state index is 14.4. The van der Waals surface area contributed by atoms with E-state index in [-0.39, 0.29) is 17.5 Å². The van der Waals surface area contributed by atoms with E-state index in [2.05, 4.69) is 15.2 Å². The summed E-state index contributed by atoms with van der Waals surface area (Å²) < 4.78 is 19.9. The maximum absolute atomic E-state index is 14.4. The molecule has 0 unspecified atom stereocenters. The van der Waals surface area contributed by atoms with Gasteiger partial charge in [0, 0.05) is 17.7 Å². The molecule has 0 aliphatic rings. The van der Waals surface area contributed by atoms with Crippen LogP contribution >= 0.6 is 0 Å². The van der Waals surface area contributed by atoms with E-state index < -0.39 is 5.91 Å². The summed E-state index contributed by atoms with van der Waals surface area (Å²) in [6.45, 7) is 2.87. The Labute approximate surface area is 143 Å². The summed E-state index contributed by atoms with van der Waals surface area (Å²) in [6.07, 6.45) is 0. The molecule has 0 aliphatic carbocycles. The molecule has 0 bridgehead atoms. The highest BCUT2D eigenvalue weighted by Crippen LogP contribution is 2.30. The van der Waals surface area contributed by atoms with Crippen LogP contribution in [0.2, 0.25) is 0 Å². The number of aromatic amines is 1. The number of nitrogens with two attached hydrogens (primary N) is 1. The Morgan fingerprint density at radius 2 is 2.04 bits per heavy atom. The van der Waals surface area contributed by atoms with Gasteiger partial charge in [-0.1, -0.05) is 24.3 Å². The second kappa shape index (κ2) is 7.23. The van der Waals surface area contributed by atoms with Crippen LogP contribution in [0, 0.1) is 5.82 Å². The highest BCUT2D eigenvalue weighted by atomic mass is 19.1. The summed E-state index contributed by atoms with van der Waals surface area (Å²) in [7, 11) is 0. The molecule has 0 saturated carbocycles. The molecule has 0 atom stereocenters. The third-order valence-electron chi connectivity index (χ3n) is 3.71. The van der Waals surface area contributed by atoms with Crippen LogP contribution in [-0.2, 0) is 11.3 Å². The van der Waals surface area contributed by atoms with Crippen molar-refractivity contribution in [2.24, 2.45) is 5.73 Å². The van der Waals surface area contributed by atoms with E-state index in [1.807, 2.05) is 31.2 Å². The van der Waals surface area contributed by atoms with Crippen molar-refractivity contribution in [3.05, 3.63) is 59.7 Å². The first kappa shape index (κ1) is 16.8. The van der Waals surface area contributed by atoms with Crippen molar-refractivity contribution in [1.82, 2.24) is 15.2 Å². The van der Waals surface area contributed by atoms with E-state index in [0.717, 1.165) is 11.1 Å². The van der Waals surface area contributed by atoms with Crippen LogP contribution in [0.4, 0.5) is 4.39 Å². The Kier molecular flexibility index (Phi) is 4.85. The van der Waals surface area contributed by atoms with Crippen LogP contribution in [0.1, 0.15) is 23.1 Å². The van der Waals surface area contributed by atoms with E-state index in [1.165, 1.54) is 6.07 Å². The first-order chi connectivity index (χ1) is 12.1. The SMILES string of the molecule is CCOCc1ccccc1-c1cc(-c2n[nH]c(C(N)=O)n2)ccc1F. The fourth-order valence-corrected chi connectivity index (χ4v) is 2.49. The molecule has 0 spiro atoms. The average molecular weight is 340 g/mol. The molecule has 2 aromatic carbocycles. The molecule has 1 aromatic heterocycles.